The molecule has 0 aliphatic heterocycles. The Balaban J connectivity index is 1.10. The zero-order valence-corrected chi connectivity index (χ0v) is 46.1. The SMILES string of the molecule is O=C1C(=O)c2c(F)cc(F)cc2/C1=C/c1cc2sc3c(c2s1)C(C(=O)OCc1ccccc1)(C(=O)OCc1ccccc1)C1=C3C(C(=O)OCc2ccccc2)(C(=O)OCc2ccccc2)c2cc(/C=C3\C(=O)C(=O)c4cc(F)cc(F)c43)sc21. The van der Waals surface area contributed by atoms with Gasteiger partial charge < -0.3 is 18.9 Å². The normalized spacial score (nSPS) is 16.0. The van der Waals surface area contributed by atoms with Crippen LogP contribution in [0.5, 0.6) is 0 Å². The average Bonchev–Trinajstić information content (AvgIpc) is 1.49. The summed E-state index contributed by atoms with van der Waals surface area (Å²) in [6.07, 6.45) is 2.38. The molecule has 6 aromatic carbocycles. The molecule has 0 saturated heterocycles. The van der Waals surface area contributed by atoms with E-state index in [-0.39, 0.29) is 57.6 Å². The number of hydrogen-bond acceptors (Lipinski definition) is 15. The van der Waals surface area contributed by atoms with Crippen molar-refractivity contribution in [1.29, 1.82) is 0 Å². The molecule has 3 heterocycles. The second kappa shape index (κ2) is 21.1. The standard InChI is InChI=1S/C66H36F4O12S3/c67-37-21-41-42(54(71)57(74)50(41)47(70)24-37)25-40-28-48-59(84-40)53-60(85-48)52-51(66(53,63(77)81-31-35-17-9-3-10-18-35)64(78)82-32-36-19-11-4-12-20-36)58-45(27-39(83-58)26-44-49-43(55(72)56(44)73)22-38(68)23-46(49)69)65(52,61(75)79-29-33-13-5-1-6-14-33)62(76)80-30-34-15-7-2-8-16-34/h1-28H,29-32H2/b42-25-,44-26-. The molecule has 0 saturated carbocycles. The van der Waals surface area contributed by atoms with Gasteiger partial charge in [0.2, 0.25) is 34.0 Å². The Morgan fingerprint density at radius 2 is 0.847 bits per heavy atom. The fourth-order valence-electron chi connectivity index (χ4n) is 11.3. The number of fused-ring (bicyclic) bond motifs is 8. The number of rotatable bonds is 14. The van der Waals surface area contributed by atoms with Crippen LogP contribution < -0.4 is 0 Å². The maximum absolute atomic E-state index is 16.2. The molecule has 4 aliphatic carbocycles. The van der Waals surface area contributed by atoms with Crippen LogP contribution in [0, 0.1) is 23.3 Å². The summed E-state index contributed by atoms with van der Waals surface area (Å²) in [6.45, 7) is -1.74. The van der Waals surface area contributed by atoms with Crippen molar-refractivity contribution in [2.24, 2.45) is 0 Å². The number of esters is 4. The fourth-order valence-corrected chi connectivity index (χ4v) is 15.4. The highest BCUT2D eigenvalue weighted by Gasteiger charge is 2.72. The van der Waals surface area contributed by atoms with Gasteiger partial charge in [-0.3, -0.25) is 38.4 Å². The molecule has 85 heavy (non-hydrogen) atoms. The number of benzene rings is 6. The summed E-state index contributed by atoms with van der Waals surface area (Å²) in [5.74, 6) is -14.4. The molecule has 0 fully saturated rings. The maximum Gasteiger partial charge on any atom is 0.333 e. The average molecular weight is 1190 g/mol. The Kier molecular flexibility index (Phi) is 13.5. The molecule has 19 heteroatoms. The monoisotopic (exact) mass is 1190 g/mol. The number of carbonyl (C=O) groups is 8. The van der Waals surface area contributed by atoms with Gasteiger partial charge in [-0.15, -0.1) is 34.0 Å². The van der Waals surface area contributed by atoms with Crippen molar-refractivity contribution in [3.63, 3.8) is 0 Å². The molecule has 0 N–H and O–H groups in total. The molecule has 0 radical (unpaired) electrons. The summed E-state index contributed by atoms with van der Waals surface area (Å²) in [7, 11) is 0. The van der Waals surface area contributed by atoms with Crippen LogP contribution >= 0.6 is 34.0 Å². The van der Waals surface area contributed by atoms with Gasteiger partial charge in [0.15, 0.2) is 0 Å². The van der Waals surface area contributed by atoms with Gasteiger partial charge in [0.25, 0.3) is 0 Å². The van der Waals surface area contributed by atoms with Crippen LogP contribution in [0.2, 0.25) is 0 Å². The summed E-state index contributed by atoms with van der Waals surface area (Å²) in [4.78, 5) is 119. The van der Waals surface area contributed by atoms with E-state index in [1.807, 2.05) is 0 Å². The van der Waals surface area contributed by atoms with E-state index in [2.05, 4.69) is 0 Å². The topological polar surface area (TPSA) is 173 Å². The minimum atomic E-state index is -2.83. The third kappa shape index (κ3) is 8.75. The molecule has 0 spiro atoms. The second-order valence-electron chi connectivity index (χ2n) is 20.1. The van der Waals surface area contributed by atoms with Crippen molar-refractivity contribution < 1.29 is 74.9 Å². The second-order valence-corrected chi connectivity index (χ2v) is 23.3. The zero-order valence-electron chi connectivity index (χ0n) is 43.6. The Morgan fingerprint density at radius 3 is 1.35 bits per heavy atom. The first kappa shape index (κ1) is 54.4. The van der Waals surface area contributed by atoms with Crippen LogP contribution in [0.3, 0.4) is 0 Å². The van der Waals surface area contributed by atoms with E-state index in [1.54, 1.807) is 121 Å². The number of ether oxygens (including phenoxy) is 4. The Labute approximate surface area is 490 Å². The van der Waals surface area contributed by atoms with Crippen LogP contribution in [0.25, 0.3) is 43.8 Å². The maximum atomic E-state index is 16.2. The van der Waals surface area contributed by atoms with Crippen LogP contribution in [-0.2, 0) is 85.0 Å². The zero-order chi connectivity index (χ0) is 59.1. The first-order valence-electron chi connectivity index (χ1n) is 26.0. The van der Waals surface area contributed by atoms with E-state index >= 15 is 28.0 Å². The summed E-state index contributed by atoms with van der Waals surface area (Å²) in [5, 5.41) is 0. The van der Waals surface area contributed by atoms with Crippen LogP contribution in [0.1, 0.15) is 84.7 Å². The fraction of sp³-hybridized carbons (Fsp3) is 0.0909. The van der Waals surface area contributed by atoms with Crippen molar-refractivity contribution in [2.75, 3.05) is 0 Å². The Bertz CT molecular complexity index is 4410. The van der Waals surface area contributed by atoms with Crippen LogP contribution in [-0.4, -0.2) is 47.0 Å². The number of halogens is 4. The Morgan fingerprint density at radius 1 is 0.424 bits per heavy atom. The quantitative estimate of drug-likeness (QED) is 0.0252. The van der Waals surface area contributed by atoms with Crippen molar-refractivity contribution in [2.45, 2.75) is 37.3 Å². The lowest BCUT2D eigenvalue weighted by molar-refractivity contribution is -0.165. The first-order chi connectivity index (χ1) is 41.1. The van der Waals surface area contributed by atoms with Crippen molar-refractivity contribution in [1.82, 2.24) is 0 Å². The number of allylic oxidation sites excluding steroid dienone is 2. The largest absolute Gasteiger partial charge is 0.459 e. The van der Waals surface area contributed by atoms with E-state index in [0.29, 0.717) is 39.1 Å². The highest BCUT2D eigenvalue weighted by atomic mass is 32.1. The molecule has 0 amide bonds. The number of Topliss-reactive ketones (excluding diaryl/α,β-unsaturated/α-hetero) is 4. The molecule has 0 bridgehead atoms. The molecular weight excluding hydrogens is 1160 g/mol. The van der Waals surface area contributed by atoms with Crippen molar-refractivity contribution in [3.05, 3.63) is 256 Å². The smallest absolute Gasteiger partial charge is 0.333 e. The van der Waals surface area contributed by atoms with Gasteiger partial charge in [-0.05, 0) is 58.7 Å². The van der Waals surface area contributed by atoms with E-state index in [1.165, 1.54) is 18.2 Å². The van der Waals surface area contributed by atoms with E-state index < -0.39 is 130 Å². The van der Waals surface area contributed by atoms with E-state index in [0.717, 1.165) is 52.2 Å². The number of carbonyl (C=O) groups excluding carboxylic acids is 8. The van der Waals surface area contributed by atoms with Crippen LogP contribution in [0.15, 0.2) is 158 Å². The summed E-state index contributed by atoms with van der Waals surface area (Å²) in [5.41, 5.74) is -7.44. The van der Waals surface area contributed by atoms with Gasteiger partial charge in [-0.2, -0.15) is 0 Å². The molecule has 0 atom stereocenters. The molecule has 418 valence electrons. The third-order valence-corrected chi connectivity index (χ3v) is 18.5. The lowest BCUT2D eigenvalue weighted by Gasteiger charge is -2.29. The van der Waals surface area contributed by atoms with Gasteiger partial charge in [-0.1, -0.05) is 121 Å². The third-order valence-electron chi connectivity index (χ3n) is 15.1. The highest BCUT2D eigenvalue weighted by Crippen LogP contribution is 2.69. The minimum absolute atomic E-state index is 0.0107. The molecule has 12 nitrogen and oxygen atoms in total. The van der Waals surface area contributed by atoms with E-state index in [4.69, 9.17) is 18.9 Å². The predicted octanol–water partition coefficient (Wildman–Crippen LogP) is 12.6. The molecular formula is C66H36F4O12S3. The van der Waals surface area contributed by atoms with Gasteiger partial charge >= 0.3 is 23.9 Å². The van der Waals surface area contributed by atoms with Gasteiger partial charge in [0.05, 0.1) is 10.3 Å². The van der Waals surface area contributed by atoms with Crippen molar-refractivity contribution >= 4 is 125 Å². The van der Waals surface area contributed by atoms with Crippen molar-refractivity contribution in [3.8, 4) is 0 Å². The Hall–Kier alpha value is -9.82. The van der Waals surface area contributed by atoms with Gasteiger partial charge in [0.1, 0.15) is 49.7 Å². The number of ketones is 4. The highest BCUT2D eigenvalue weighted by molar-refractivity contribution is 7.29. The number of thiophene rings is 3. The summed E-state index contributed by atoms with van der Waals surface area (Å²) >= 11 is 2.57. The molecule has 3 aromatic heterocycles. The first-order valence-corrected chi connectivity index (χ1v) is 28.5. The molecule has 0 unspecified atom stereocenters. The van der Waals surface area contributed by atoms with Gasteiger partial charge in [0, 0.05) is 86.5 Å². The van der Waals surface area contributed by atoms with E-state index in [9.17, 15) is 28.0 Å². The summed E-state index contributed by atoms with van der Waals surface area (Å²) < 4.78 is 85.9. The molecule has 13 rings (SSSR count). The molecule has 4 aliphatic rings. The van der Waals surface area contributed by atoms with Crippen LogP contribution in [0.4, 0.5) is 17.6 Å². The van der Waals surface area contributed by atoms with Gasteiger partial charge in [-0.25, -0.2) is 17.6 Å². The summed E-state index contributed by atoms with van der Waals surface area (Å²) in [6, 6.07) is 39.3. The number of hydrogen-bond donors (Lipinski definition) is 0. The lowest BCUT2D eigenvalue weighted by Crippen LogP contribution is -2.45. The predicted molar refractivity (Wildman–Crippen MR) is 306 cm³/mol. The lowest BCUT2D eigenvalue weighted by atomic mass is 9.76. The minimum Gasteiger partial charge on any atom is -0.459 e. The molecule has 9 aromatic rings.